The largest absolute Gasteiger partial charge is 0.394 e. The first-order chi connectivity index (χ1) is 17.8. The summed E-state index contributed by atoms with van der Waals surface area (Å²) in [6.07, 6.45) is 0.193. The van der Waals surface area contributed by atoms with Gasteiger partial charge >= 0.3 is 0 Å². The summed E-state index contributed by atoms with van der Waals surface area (Å²) in [5.74, 6) is -3.95. The van der Waals surface area contributed by atoms with Crippen LogP contribution in [0.1, 0.15) is 37.6 Å². The normalized spacial score (nSPS) is 21.6. The molecule has 0 saturated heterocycles. The van der Waals surface area contributed by atoms with E-state index >= 15 is 0 Å². The molecule has 0 aromatic heterocycles. The fraction of sp³-hybridized carbons (Fsp3) is 0.522. The van der Waals surface area contributed by atoms with Crippen LogP contribution in [-0.2, 0) is 19.2 Å². The molecule has 208 valence electrons. The van der Waals surface area contributed by atoms with E-state index in [9.17, 15) is 39.2 Å². The standard InChI is InChI=1S/C23H33N7O8/c1-12(2)8-17-23(36)29(10-19(24)32)7-6-25-16-5-4-14(30(37)38)9-15(16)21(34)26-13(3)20(33)28-18(11-31)22(35)27-17/h4-5,9,12-13,17-18,25,31H,6-8,10-11H2,1-3H3,(H2,24,32)(H,26,34)(H,27,35)(H,28,33)/t13-,17-,18-/m0/s1. The van der Waals surface area contributed by atoms with E-state index in [-0.39, 0.29) is 42.4 Å². The SMILES string of the molecule is CC(C)C[C@@H]1NC(=O)[C@H](CO)NC(=O)[C@H](C)NC(=O)c2cc([N+](=O)[O-])ccc2NCCN(CC(N)=O)C1=O. The minimum Gasteiger partial charge on any atom is -0.394 e. The molecule has 0 fully saturated rings. The van der Waals surface area contributed by atoms with Gasteiger partial charge in [0.05, 0.1) is 23.6 Å². The molecule has 1 heterocycles. The van der Waals surface area contributed by atoms with Gasteiger partial charge in [-0.1, -0.05) is 13.8 Å². The van der Waals surface area contributed by atoms with Gasteiger partial charge < -0.3 is 37.0 Å². The third kappa shape index (κ3) is 8.12. The number of hydrogen-bond donors (Lipinski definition) is 6. The third-order valence-corrected chi connectivity index (χ3v) is 5.69. The van der Waals surface area contributed by atoms with E-state index in [4.69, 9.17) is 5.73 Å². The molecule has 1 aromatic carbocycles. The molecule has 38 heavy (non-hydrogen) atoms. The van der Waals surface area contributed by atoms with Crippen molar-refractivity contribution in [1.82, 2.24) is 20.9 Å². The number of nitrogens with two attached hydrogens (primary N) is 1. The number of fused-ring (bicyclic) bond motifs is 1. The van der Waals surface area contributed by atoms with E-state index in [1.165, 1.54) is 19.1 Å². The zero-order chi connectivity index (χ0) is 28.6. The lowest BCUT2D eigenvalue weighted by atomic mass is 10.0. The number of anilines is 1. The molecule has 15 heteroatoms. The molecule has 2 rings (SSSR count). The summed E-state index contributed by atoms with van der Waals surface area (Å²) < 4.78 is 0. The van der Waals surface area contributed by atoms with Gasteiger partial charge in [-0.2, -0.15) is 0 Å². The highest BCUT2D eigenvalue weighted by atomic mass is 16.6. The Hall–Kier alpha value is -4.27. The Morgan fingerprint density at radius 1 is 1.16 bits per heavy atom. The smallest absolute Gasteiger partial charge is 0.270 e. The van der Waals surface area contributed by atoms with Gasteiger partial charge in [0.25, 0.3) is 11.6 Å². The lowest BCUT2D eigenvalue weighted by Gasteiger charge is -2.30. The van der Waals surface area contributed by atoms with Crippen LogP contribution >= 0.6 is 0 Å². The second-order valence-corrected chi connectivity index (χ2v) is 9.27. The molecule has 0 spiro atoms. The van der Waals surface area contributed by atoms with Crippen LogP contribution in [0.4, 0.5) is 11.4 Å². The van der Waals surface area contributed by atoms with Gasteiger partial charge in [-0.25, -0.2) is 0 Å². The maximum atomic E-state index is 13.4. The highest BCUT2D eigenvalue weighted by Crippen LogP contribution is 2.22. The zero-order valence-electron chi connectivity index (χ0n) is 21.4. The maximum absolute atomic E-state index is 13.4. The molecule has 5 amide bonds. The molecular weight excluding hydrogens is 502 g/mol. The fourth-order valence-electron chi connectivity index (χ4n) is 3.78. The second kappa shape index (κ2) is 13.3. The summed E-state index contributed by atoms with van der Waals surface area (Å²) in [6, 6.07) is -0.210. The first kappa shape index (κ1) is 30.0. The molecule has 0 saturated carbocycles. The summed E-state index contributed by atoms with van der Waals surface area (Å²) >= 11 is 0. The second-order valence-electron chi connectivity index (χ2n) is 9.27. The van der Waals surface area contributed by atoms with Gasteiger partial charge in [0.15, 0.2) is 0 Å². The van der Waals surface area contributed by atoms with Crippen molar-refractivity contribution in [3.05, 3.63) is 33.9 Å². The Labute approximate surface area is 218 Å². The van der Waals surface area contributed by atoms with E-state index in [0.717, 1.165) is 11.0 Å². The number of primary amides is 1. The first-order valence-corrected chi connectivity index (χ1v) is 12.0. The Bertz CT molecular complexity index is 1090. The van der Waals surface area contributed by atoms with Crippen molar-refractivity contribution in [3.8, 4) is 0 Å². The van der Waals surface area contributed by atoms with Crippen molar-refractivity contribution < 1.29 is 34.0 Å². The number of nitro groups is 1. The van der Waals surface area contributed by atoms with Gasteiger partial charge in [0.2, 0.25) is 23.6 Å². The molecule has 0 aliphatic carbocycles. The van der Waals surface area contributed by atoms with E-state index in [2.05, 4.69) is 21.3 Å². The predicted octanol–water partition coefficient (Wildman–Crippen LogP) is -1.54. The van der Waals surface area contributed by atoms with Crippen molar-refractivity contribution in [2.75, 3.05) is 31.6 Å². The molecule has 1 aromatic rings. The van der Waals surface area contributed by atoms with Gasteiger partial charge in [0.1, 0.15) is 18.1 Å². The number of aliphatic hydroxyl groups excluding tert-OH is 1. The molecule has 0 unspecified atom stereocenters. The van der Waals surface area contributed by atoms with Crippen LogP contribution in [0, 0.1) is 16.0 Å². The quantitative estimate of drug-likeness (QED) is 0.183. The highest BCUT2D eigenvalue weighted by molar-refractivity contribution is 6.03. The number of carbonyl (C=O) groups is 5. The highest BCUT2D eigenvalue weighted by Gasteiger charge is 2.32. The number of rotatable bonds is 6. The summed E-state index contributed by atoms with van der Waals surface area (Å²) in [5, 5.41) is 31.2. The van der Waals surface area contributed by atoms with Gasteiger partial charge in [-0.15, -0.1) is 0 Å². The number of nitrogens with one attached hydrogen (secondary N) is 4. The van der Waals surface area contributed by atoms with E-state index in [1.54, 1.807) is 0 Å². The molecule has 1 aliphatic heterocycles. The molecular formula is C23H33N7O8. The van der Waals surface area contributed by atoms with Crippen LogP contribution in [0.3, 0.4) is 0 Å². The molecule has 15 nitrogen and oxygen atoms in total. The van der Waals surface area contributed by atoms with Crippen molar-refractivity contribution >= 4 is 40.9 Å². The monoisotopic (exact) mass is 535 g/mol. The van der Waals surface area contributed by atoms with Crippen molar-refractivity contribution in [2.24, 2.45) is 11.7 Å². The molecule has 1 aliphatic rings. The lowest BCUT2D eigenvalue weighted by Crippen LogP contribution is -2.58. The lowest BCUT2D eigenvalue weighted by molar-refractivity contribution is -0.384. The molecule has 3 atom stereocenters. The van der Waals surface area contributed by atoms with Crippen LogP contribution in [-0.4, -0.2) is 88.8 Å². The van der Waals surface area contributed by atoms with E-state index in [0.29, 0.717) is 0 Å². The van der Waals surface area contributed by atoms with Gasteiger partial charge in [-0.05, 0) is 25.3 Å². The van der Waals surface area contributed by atoms with Gasteiger partial charge in [0, 0.05) is 30.9 Å². The fourth-order valence-corrected chi connectivity index (χ4v) is 3.78. The first-order valence-electron chi connectivity index (χ1n) is 12.0. The molecule has 0 radical (unpaired) electrons. The van der Waals surface area contributed by atoms with E-state index < -0.39 is 65.7 Å². The third-order valence-electron chi connectivity index (χ3n) is 5.69. The summed E-state index contributed by atoms with van der Waals surface area (Å²) in [6.45, 7) is 3.66. The summed E-state index contributed by atoms with van der Waals surface area (Å²) in [4.78, 5) is 75.3. The molecule has 0 bridgehead atoms. The average Bonchev–Trinajstić information content (AvgIpc) is 2.84. The van der Waals surface area contributed by atoms with Crippen molar-refractivity contribution in [2.45, 2.75) is 45.3 Å². The Kier molecular flexibility index (Phi) is 10.5. The number of nitro benzene ring substituents is 1. The Morgan fingerprint density at radius 3 is 2.39 bits per heavy atom. The summed E-state index contributed by atoms with van der Waals surface area (Å²) in [7, 11) is 0. The topological polar surface area (TPSA) is 226 Å². The van der Waals surface area contributed by atoms with Crippen LogP contribution in [0.5, 0.6) is 0 Å². The maximum Gasteiger partial charge on any atom is 0.270 e. The Morgan fingerprint density at radius 2 is 1.82 bits per heavy atom. The van der Waals surface area contributed by atoms with Crippen LogP contribution < -0.4 is 27.0 Å². The number of hydrogen-bond acceptors (Lipinski definition) is 9. The number of nitrogens with zero attached hydrogens (tertiary/aromatic N) is 2. The van der Waals surface area contributed by atoms with Crippen LogP contribution in [0.15, 0.2) is 18.2 Å². The number of benzene rings is 1. The van der Waals surface area contributed by atoms with Crippen LogP contribution in [0.25, 0.3) is 0 Å². The predicted molar refractivity (Wildman–Crippen MR) is 135 cm³/mol. The summed E-state index contributed by atoms with van der Waals surface area (Å²) in [5.41, 5.74) is 5.00. The number of carbonyl (C=O) groups excluding carboxylic acids is 5. The minimum absolute atomic E-state index is 0.00869. The minimum atomic E-state index is -1.45. The average molecular weight is 536 g/mol. The van der Waals surface area contributed by atoms with Gasteiger partial charge in [-0.3, -0.25) is 34.1 Å². The zero-order valence-corrected chi connectivity index (χ0v) is 21.4. The van der Waals surface area contributed by atoms with Crippen molar-refractivity contribution in [1.29, 1.82) is 0 Å². The van der Waals surface area contributed by atoms with Crippen LogP contribution in [0.2, 0.25) is 0 Å². The van der Waals surface area contributed by atoms with E-state index in [1.807, 2.05) is 13.8 Å². The Balaban J connectivity index is 2.52. The van der Waals surface area contributed by atoms with Crippen molar-refractivity contribution in [3.63, 3.8) is 0 Å². The number of non-ortho nitro benzene ring substituents is 1. The molecule has 7 N–H and O–H groups in total. The number of amides is 5. The number of aliphatic hydroxyl groups is 1.